The molecule has 0 bridgehead atoms. The fourth-order valence-corrected chi connectivity index (χ4v) is 7.22. The van der Waals surface area contributed by atoms with Crippen LogP contribution in [0.15, 0.2) is 24.8 Å². The average Bonchev–Trinajstić information content (AvgIpc) is 2.82. The summed E-state index contributed by atoms with van der Waals surface area (Å²) in [4.78, 5) is 0. The summed E-state index contributed by atoms with van der Waals surface area (Å²) in [7, 11) is 0. The van der Waals surface area contributed by atoms with Crippen molar-refractivity contribution < 1.29 is 0 Å². The fraction of sp³-hybridized carbons (Fsp3) is 0.871. The zero-order valence-electron chi connectivity index (χ0n) is 21.0. The molecule has 0 aliphatic heterocycles. The SMILES string of the molecule is C=CCC[C@H]1CC[C@H](/C=C/CCC2CCC([C@H]3CC[C@H](CCCCC)CC3)CC2)CC1. The molecule has 0 saturated heterocycles. The summed E-state index contributed by atoms with van der Waals surface area (Å²) < 4.78 is 0. The van der Waals surface area contributed by atoms with Gasteiger partial charge >= 0.3 is 0 Å². The van der Waals surface area contributed by atoms with Crippen LogP contribution in [-0.4, -0.2) is 0 Å². The highest BCUT2D eigenvalue weighted by atomic mass is 14.4. The van der Waals surface area contributed by atoms with Gasteiger partial charge in [0.25, 0.3) is 0 Å². The van der Waals surface area contributed by atoms with Gasteiger partial charge < -0.3 is 0 Å². The van der Waals surface area contributed by atoms with Crippen LogP contribution >= 0.6 is 0 Å². The first-order chi connectivity index (χ1) is 15.3. The molecule has 0 atom stereocenters. The largest absolute Gasteiger partial charge is 0.103 e. The van der Waals surface area contributed by atoms with E-state index in [1.807, 2.05) is 0 Å². The van der Waals surface area contributed by atoms with Crippen LogP contribution in [-0.2, 0) is 0 Å². The minimum atomic E-state index is 0.882. The first-order valence-corrected chi connectivity index (χ1v) is 14.6. The highest BCUT2D eigenvalue weighted by molar-refractivity contribution is 4.92. The predicted molar refractivity (Wildman–Crippen MR) is 138 cm³/mol. The van der Waals surface area contributed by atoms with Gasteiger partial charge in [0, 0.05) is 0 Å². The van der Waals surface area contributed by atoms with Crippen molar-refractivity contribution in [1.29, 1.82) is 0 Å². The second-order valence-corrected chi connectivity index (χ2v) is 11.7. The predicted octanol–water partition coefficient (Wildman–Crippen LogP) is 10.3. The van der Waals surface area contributed by atoms with Crippen molar-refractivity contribution >= 4 is 0 Å². The van der Waals surface area contributed by atoms with Gasteiger partial charge in [-0.1, -0.05) is 76.5 Å². The molecule has 0 heterocycles. The van der Waals surface area contributed by atoms with Crippen molar-refractivity contribution in [1.82, 2.24) is 0 Å². The van der Waals surface area contributed by atoms with Crippen LogP contribution in [0.4, 0.5) is 0 Å². The Bertz CT molecular complexity index is 478. The Kier molecular flexibility index (Phi) is 11.8. The Morgan fingerprint density at radius 2 is 1.13 bits per heavy atom. The Morgan fingerprint density at radius 3 is 1.68 bits per heavy atom. The maximum absolute atomic E-state index is 3.88. The molecule has 0 aromatic heterocycles. The number of hydrogen-bond donors (Lipinski definition) is 0. The average molecular weight is 427 g/mol. The molecule has 0 aromatic rings. The van der Waals surface area contributed by atoms with Crippen LogP contribution in [0.5, 0.6) is 0 Å². The lowest BCUT2D eigenvalue weighted by Crippen LogP contribution is -2.25. The molecule has 178 valence electrons. The molecular formula is C31H54. The highest BCUT2D eigenvalue weighted by Gasteiger charge is 2.30. The molecular weight excluding hydrogens is 372 g/mol. The van der Waals surface area contributed by atoms with Gasteiger partial charge in [-0.15, -0.1) is 6.58 Å². The van der Waals surface area contributed by atoms with Crippen molar-refractivity contribution in [3.05, 3.63) is 24.8 Å². The molecule has 0 spiro atoms. The molecule has 0 radical (unpaired) electrons. The summed E-state index contributed by atoms with van der Waals surface area (Å²) in [6.07, 6.45) is 36.6. The summed E-state index contributed by atoms with van der Waals surface area (Å²) in [6, 6.07) is 0. The number of hydrogen-bond acceptors (Lipinski definition) is 0. The van der Waals surface area contributed by atoms with E-state index >= 15 is 0 Å². The molecule has 3 aliphatic carbocycles. The van der Waals surface area contributed by atoms with Crippen molar-refractivity contribution in [3.8, 4) is 0 Å². The second-order valence-electron chi connectivity index (χ2n) is 11.7. The number of allylic oxidation sites excluding steroid dienone is 3. The highest BCUT2D eigenvalue weighted by Crippen LogP contribution is 2.43. The molecule has 0 heteroatoms. The third kappa shape index (κ3) is 9.09. The Labute approximate surface area is 195 Å². The molecule has 3 saturated carbocycles. The van der Waals surface area contributed by atoms with E-state index < -0.39 is 0 Å². The molecule has 0 aromatic carbocycles. The van der Waals surface area contributed by atoms with E-state index in [9.17, 15) is 0 Å². The van der Waals surface area contributed by atoms with Crippen LogP contribution in [0, 0.1) is 35.5 Å². The normalized spacial score (nSPS) is 34.7. The summed E-state index contributed by atoms with van der Waals surface area (Å²) in [5.41, 5.74) is 0. The van der Waals surface area contributed by atoms with E-state index in [0.29, 0.717) is 0 Å². The molecule has 0 amide bonds. The van der Waals surface area contributed by atoms with E-state index in [0.717, 1.165) is 35.5 Å². The van der Waals surface area contributed by atoms with Gasteiger partial charge in [0.1, 0.15) is 0 Å². The third-order valence-electron chi connectivity index (χ3n) is 9.49. The van der Waals surface area contributed by atoms with Gasteiger partial charge in [0.05, 0.1) is 0 Å². The molecule has 0 unspecified atom stereocenters. The number of unbranched alkanes of at least 4 members (excludes halogenated alkanes) is 2. The summed E-state index contributed by atoms with van der Waals surface area (Å²) in [5.74, 6) is 6.14. The molecule has 0 N–H and O–H groups in total. The second kappa shape index (κ2) is 14.6. The lowest BCUT2D eigenvalue weighted by Gasteiger charge is -2.38. The molecule has 3 rings (SSSR count). The minimum absolute atomic E-state index is 0.882. The van der Waals surface area contributed by atoms with Gasteiger partial charge in [-0.05, 0) is 113 Å². The molecule has 3 fully saturated rings. The smallest absolute Gasteiger partial charge is 0.0233 e. The van der Waals surface area contributed by atoms with Crippen LogP contribution in [0.25, 0.3) is 0 Å². The lowest BCUT2D eigenvalue weighted by molar-refractivity contribution is 0.140. The van der Waals surface area contributed by atoms with Crippen molar-refractivity contribution in [3.63, 3.8) is 0 Å². The van der Waals surface area contributed by atoms with Crippen LogP contribution in [0.2, 0.25) is 0 Å². The Morgan fingerprint density at radius 1 is 0.613 bits per heavy atom. The lowest BCUT2D eigenvalue weighted by atomic mass is 9.68. The zero-order chi connectivity index (χ0) is 21.7. The topological polar surface area (TPSA) is 0 Å². The minimum Gasteiger partial charge on any atom is -0.103 e. The van der Waals surface area contributed by atoms with Crippen molar-refractivity contribution in [2.24, 2.45) is 35.5 Å². The van der Waals surface area contributed by atoms with Crippen LogP contribution < -0.4 is 0 Å². The molecule has 3 aliphatic rings. The Balaban J connectivity index is 1.23. The molecule has 0 nitrogen and oxygen atoms in total. The summed E-state index contributed by atoms with van der Waals surface area (Å²) in [6.45, 7) is 6.21. The van der Waals surface area contributed by atoms with Gasteiger partial charge in [0.15, 0.2) is 0 Å². The quantitative estimate of drug-likeness (QED) is 0.215. The monoisotopic (exact) mass is 426 g/mol. The van der Waals surface area contributed by atoms with Crippen LogP contribution in [0.1, 0.15) is 135 Å². The maximum atomic E-state index is 3.88. The Hall–Kier alpha value is -0.520. The fourth-order valence-electron chi connectivity index (χ4n) is 7.22. The van der Waals surface area contributed by atoms with Gasteiger partial charge in [-0.3, -0.25) is 0 Å². The van der Waals surface area contributed by atoms with Gasteiger partial charge in [-0.2, -0.15) is 0 Å². The van der Waals surface area contributed by atoms with E-state index in [2.05, 4.69) is 31.7 Å². The van der Waals surface area contributed by atoms with Crippen molar-refractivity contribution in [2.75, 3.05) is 0 Å². The van der Waals surface area contributed by atoms with Crippen LogP contribution in [0.3, 0.4) is 0 Å². The standard InChI is InChI=1S/C31H54/c1-3-5-7-11-28-18-22-30(23-19-28)31-24-20-29(21-25-31)13-9-8-12-27-16-14-26(15-17-27)10-6-4-2/h4,8,12,26-31H,2-3,5-7,9-11,13-25H2,1H3/b12-8+/t26-,27-,28-,29?,30-,31?. The first-order valence-electron chi connectivity index (χ1n) is 14.6. The van der Waals surface area contributed by atoms with E-state index in [1.165, 1.54) is 89.9 Å². The van der Waals surface area contributed by atoms with E-state index in [-0.39, 0.29) is 0 Å². The van der Waals surface area contributed by atoms with Crippen molar-refractivity contribution in [2.45, 2.75) is 135 Å². The first kappa shape index (κ1) is 25.1. The molecule has 31 heavy (non-hydrogen) atoms. The van der Waals surface area contributed by atoms with Gasteiger partial charge in [0.2, 0.25) is 0 Å². The summed E-state index contributed by atoms with van der Waals surface area (Å²) in [5, 5.41) is 0. The number of rotatable bonds is 12. The zero-order valence-corrected chi connectivity index (χ0v) is 21.0. The van der Waals surface area contributed by atoms with Gasteiger partial charge in [-0.25, -0.2) is 0 Å². The van der Waals surface area contributed by atoms with E-state index in [1.54, 1.807) is 38.5 Å². The maximum Gasteiger partial charge on any atom is -0.0233 e. The van der Waals surface area contributed by atoms with E-state index in [4.69, 9.17) is 0 Å². The third-order valence-corrected chi connectivity index (χ3v) is 9.49. The summed E-state index contributed by atoms with van der Waals surface area (Å²) >= 11 is 0.